The molecule has 3 rings (SSSR count). The van der Waals surface area contributed by atoms with Crippen LogP contribution in [0.5, 0.6) is 0 Å². The number of hydrogen-bond donors (Lipinski definition) is 1. The summed E-state index contributed by atoms with van der Waals surface area (Å²) in [5.74, 6) is 0. The van der Waals surface area contributed by atoms with Crippen molar-refractivity contribution in [2.75, 3.05) is 0 Å². The molecule has 1 aromatic carbocycles. The molecule has 1 N–H and O–H groups in total. The van der Waals surface area contributed by atoms with E-state index in [1.54, 1.807) is 11.3 Å². The zero-order valence-electron chi connectivity index (χ0n) is 9.61. The Kier molecular flexibility index (Phi) is 3.09. The van der Waals surface area contributed by atoms with Gasteiger partial charge in [-0.1, -0.05) is 15.9 Å². The number of benzene rings is 1. The molecule has 0 spiro atoms. The Morgan fingerprint density at radius 3 is 3.06 bits per heavy atom. The van der Waals surface area contributed by atoms with Crippen LogP contribution < -0.4 is 0 Å². The minimum Gasteiger partial charge on any atom is -0.331 e. The van der Waals surface area contributed by atoms with Gasteiger partial charge in [0.2, 0.25) is 0 Å². The maximum absolute atomic E-state index is 5.39. The zero-order valence-corrected chi connectivity index (χ0v) is 12.8. The van der Waals surface area contributed by atoms with Crippen molar-refractivity contribution in [2.24, 2.45) is 0 Å². The van der Waals surface area contributed by atoms with E-state index in [4.69, 9.17) is 12.2 Å². The van der Waals surface area contributed by atoms with Crippen molar-refractivity contribution in [2.45, 2.75) is 13.5 Å². The van der Waals surface area contributed by atoms with Gasteiger partial charge >= 0.3 is 0 Å². The minimum atomic E-state index is 0.746. The molecule has 0 aliphatic rings. The van der Waals surface area contributed by atoms with Crippen molar-refractivity contribution in [3.63, 3.8) is 0 Å². The highest BCUT2D eigenvalue weighted by atomic mass is 79.9. The second kappa shape index (κ2) is 4.60. The van der Waals surface area contributed by atoms with E-state index < -0.39 is 0 Å². The molecule has 0 aliphatic heterocycles. The van der Waals surface area contributed by atoms with Gasteiger partial charge in [0, 0.05) is 9.35 Å². The highest BCUT2D eigenvalue weighted by Gasteiger charge is 2.08. The van der Waals surface area contributed by atoms with Gasteiger partial charge in [0.15, 0.2) is 4.77 Å². The van der Waals surface area contributed by atoms with E-state index >= 15 is 0 Å². The average Bonchev–Trinajstić information content (AvgIpc) is 2.86. The monoisotopic (exact) mass is 339 g/mol. The van der Waals surface area contributed by atoms with E-state index in [-0.39, 0.29) is 0 Å². The lowest BCUT2D eigenvalue weighted by atomic mass is 10.3. The molecule has 0 unspecified atom stereocenters. The van der Waals surface area contributed by atoms with E-state index in [9.17, 15) is 0 Å². The predicted octanol–water partition coefficient (Wildman–Crippen LogP) is 4.27. The first-order chi connectivity index (χ1) is 8.65. The number of nitrogens with zero attached hydrogens (tertiary/aromatic N) is 2. The molecule has 0 amide bonds. The number of aryl methyl sites for hydroxylation is 1. The molecule has 3 aromatic rings. The molecule has 0 bridgehead atoms. The van der Waals surface area contributed by atoms with E-state index in [2.05, 4.69) is 36.5 Å². The number of rotatable bonds is 2. The summed E-state index contributed by atoms with van der Waals surface area (Å²) in [6.07, 6.45) is 0. The van der Waals surface area contributed by atoms with E-state index in [1.807, 2.05) is 24.6 Å². The quantitative estimate of drug-likeness (QED) is 0.707. The summed E-state index contributed by atoms with van der Waals surface area (Å²) >= 11 is 10.6. The number of imidazole rings is 1. The first-order valence-electron chi connectivity index (χ1n) is 5.42. The Balaban J connectivity index is 2.17. The van der Waals surface area contributed by atoms with Gasteiger partial charge in [-0.05, 0) is 37.3 Å². The minimum absolute atomic E-state index is 0.746. The fourth-order valence-electron chi connectivity index (χ4n) is 1.90. The first-order valence-corrected chi connectivity index (χ1v) is 7.50. The molecule has 0 saturated carbocycles. The summed E-state index contributed by atoms with van der Waals surface area (Å²) in [5.41, 5.74) is 5.12. The predicted molar refractivity (Wildman–Crippen MR) is 80.8 cm³/mol. The van der Waals surface area contributed by atoms with E-state index in [0.29, 0.717) is 0 Å². The number of aromatic nitrogens is 3. The van der Waals surface area contributed by atoms with E-state index in [1.165, 1.54) is 4.88 Å². The van der Waals surface area contributed by atoms with Crippen LogP contribution in [-0.2, 0) is 6.54 Å². The van der Waals surface area contributed by atoms with Gasteiger partial charge in [-0.2, -0.15) is 0 Å². The third-order valence-corrected chi connectivity index (χ3v) is 4.62. The number of nitrogens with one attached hydrogen (secondary N) is 1. The molecular weight excluding hydrogens is 330 g/mol. The van der Waals surface area contributed by atoms with Crippen molar-refractivity contribution in [3.8, 4) is 0 Å². The molecule has 0 fully saturated rings. The van der Waals surface area contributed by atoms with Gasteiger partial charge in [0.1, 0.15) is 0 Å². The summed E-state index contributed by atoms with van der Waals surface area (Å²) < 4.78 is 3.91. The number of H-pyrrole nitrogens is 1. The summed E-state index contributed by atoms with van der Waals surface area (Å²) in [6.45, 7) is 2.80. The third kappa shape index (κ3) is 2.04. The maximum atomic E-state index is 5.39. The normalized spacial score (nSPS) is 11.2. The van der Waals surface area contributed by atoms with Crippen molar-refractivity contribution < 1.29 is 0 Å². The Hall–Kier alpha value is -0.980. The van der Waals surface area contributed by atoms with Crippen LogP contribution in [0.2, 0.25) is 0 Å². The van der Waals surface area contributed by atoms with Gasteiger partial charge in [-0.15, -0.1) is 11.3 Å². The van der Waals surface area contributed by atoms with Crippen molar-refractivity contribution >= 4 is 50.5 Å². The Bertz CT molecular complexity index is 769. The number of halogens is 1. The molecule has 3 nitrogen and oxygen atoms in total. The van der Waals surface area contributed by atoms with E-state index in [0.717, 1.165) is 32.5 Å². The lowest BCUT2D eigenvalue weighted by Crippen LogP contribution is -1.99. The molecule has 18 heavy (non-hydrogen) atoms. The van der Waals surface area contributed by atoms with Crippen LogP contribution in [0.1, 0.15) is 10.6 Å². The highest BCUT2D eigenvalue weighted by Crippen LogP contribution is 2.22. The number of aromatic amines is 1. The summed E-state index contributed by atoms with van der Waals surface area (Å²) in [6, 6.07) is 6.12. The number of thiazole rings is 1. The number of fused-ring (bicyclic) bond motifs is 1. The van der Waals surface area contributed by atoms with Gasteiger partial charge in [0.25, 0.3) is 0 Å². The largest absolute Gasteiger partial charge is 0.331 e. The first kappa shape index (κ1) is 12.1. The second-order valence-electron chi connectivity index (χ2n) is 4.04. The molecule has 2 heterocycles. The van der Waals surface area contributed by atoms with Crippen LogP contribution in [0.25, 0.3) is 11.0 Å². The molecule has 92 valence electrons. The Morgan fingerprint density at radius 2 is 2.33 bits per heavy atom. The lowest BCUT2D eigenvalue weighted by Gasteiger charge is -2.03. The lowest BCUT2D eigenvalue weighted by molar-refractivity contribution is 0.815. The van der Waals surface area contributed by atoms with Crippen LogP contribution in [-0.4, -0.2) is 14.5 Å². The van der Waals surface area contributed by atoms with Gasteiger partial charge < -0.3 is 9.55 Å². The summed E-state index contributed by atoms with van der Waals surface area (Å²) in [4.78, 5) is 8.75. The highest BCUT2D eigenvalue weighted by molar-refractivity contribution is 9.10. The average molecular weight is 340 g/mol. The third-order valence-electron chi connectivity index (χ3n) is 2.88. The van der Waals surface area contributed by atoms with Crippen molar-refractivity contribution in [1.82, 2.24) is 14.5 Å². The zero-order chi connectivity index (χ0) is 12.7. The standard InChI is InChI=1S/C12H10BrN3S2/c1-7-11(18-6-14-7)5-16-10-4-8(13)2-3-9(10)15-12(16)17/h2-4,6H,5H2,1H3,(H,15,17). The van der Waals surface area contributed by atoms with Gasteiger partial charge in [-0.25, -0.2) is 4.98 Å². The molecular formula is C12H10BrN3S2. The Labute approximate surface area is 122 Å². The van der Waals surface area contributed by atoms with Crippen LogP contribution in [0, 0.1) is 11.7 Å². The van der Waals surface area contributed by atoms with Gasteiger partial charge in [-0.3, -0.25) is 0 Å². The molecule has 2 aromatic heterocycles. The fraction of sp³-hybridized carbons (Fsp3) is 0.167. The Morgan fingerprint density at radius 1 is 1.50 bits per heavy atom. The van der Waals surface area contributed by atoms with Gasteiger partial charge in [0.05, 0.1) is 28.8 Å². The van der Waals surface area contributed by atoms with Crippen LogP contribution in [0.15, 0.2) is 28.2 Å². The fourth-order valence-corrected chi connectivity index (χ4v) is 3.29. The van der Waals surface area contributed by atoms with Crippen molar-refractivity contribution in [1.29, 1.82) is 0 Å². The second-order valence-corrected chi connectivity index (χ2v) is 6.28. The smallest absolute Gasteiger partial charge is 0.178 e. The molecule has 0 atom stereocenters. The van der Waals surface area contributed by atoms with Crippen LogP contribution >= 0.6 is 39.5 Å². The molecule has 6 heteroatoms. The molecule has 0 radical (unpaired) electrons. The number of hydrogen-bond acceptors (Lipinski definition) is 3. The summed E-state index contributed by atoms with van der Waals surface area (Å²) in [5, 5.41) is 0. The molecule has 0 saturated heterocycles. The SMILES string of the molecule is Cc1ncsc1Cn1c(=S)[nH]c2ccc(Br)cc21. The van der Waals surface area contributed by atoms with Crippen molar-refractivity contribution in [3.05, 3.63) is 43.5 Å². The topological polar surface area (TPSA) is 33.6 Å². The van der Waals surface area contributed by atoms with Crippen LogP contribution in [0.3, 0.4) is 0 Å². The summed E-state index contributed by atoms with van der Waals surface area (Å²) in [7, 11) is 0. The maximum Gasteiger partial charge on any atom is 0.178 e. The molecule has 0 aliphatic carbocycles. The van der Waals surface area contributed by atoms with Crippen LogP contribution in [0.4, 0.5) is 0 Å².